The SMILES string of the molecule is OCC1(CNC2COC3(CCC3)C2)COCCN1Cc1ccccc1. The number of ether oxygens (including phenoxy) is 2. The van der Waals surface area contributed by atoms with Crippen LogP contribution in [0.2, 0.25) is 0 Å². The molecule has 2 unspecified atom stereocenters. The fraction of sp³-hybridized carbons (Fsp3) is 0.700. The lowest BCUT2D eigenvalue weighted by Gasteiger charge is -2.46. The Labute approximate surface area is 150 Å². The second kappa shape index (κ2) is 7.33. The van der Waals surface area contributed by atoms with Crippen LogP contribution in [0.1, 0.15) is 31.2 Å². The molecule has 2 N–H and O–H groups in total. The van der Waals surface area contributed by atoms with E-state index in [1.807, 2.05) is 6.07 Å². The standard InChI is InChI=1S/C20H30N2O3/c23-15-19(14-21-18-11-20(25-13-18)7-4-8-20)16-24-10-9-22(19)12-17-5-2-1-3-6-17/h1-3,5-6,18,21,23H,4,7-16H2. The summed E-state index contributed by atoms with van der Waals surface area (Å²) in [5, 5.41) is 13.9. The lowest BCUT2D eigenvalue weighted by molar-refractivity contribution is -0.0953. The minimum atomic E-state index is -0.358. The lowest BCUT2D eigenvalue weighted by Crippen LogP contribution is -2.64. The van der Waals surface area contributed by atoms with Crippen molar-refractivity contribution in [1.29, 1.82) is 0 Å². The molecule has 1 aromatic rings. The van der Waals surface area contributed by atoms with E-state index >= 15 is 0 Å². The maximum absolute atomic E-state index is 10.2. The van der Waals surface area contributed by atoms with Crippen LogP contribution in [0.25, 0.3) is 0 Å². The van der Waals surface area contributed by atoms with Gasteiger partial charge in [0.05, 0.1) is 37.6 Å². The van der Waals surface area contributed by atoms with Crippen molar-refractivity contribution in [3.05, 3.63) is 35.9 Å². The van der Waals surface area contributed by atoms with E-state index in [1.165, 1.54) is 24.8 Å². The molecule has 25 heavy (non-hydrogen) atoms. The second-order valence-corrected chi connectivity index (χ2v) is 7.97. The predicted octanol–water partition coefficient (Wildman–Crippen LogP) is 1.55. The van der Waals surface area contributed by atoms with Crippen molar-refractivity contribution in [2.24, 2.45) is 0 Å². The molecule has 1 aliphatic carbocycles. The Morgan fingerprint density at radius 1 is 1.24 bits per heavy atom. The van der Waals surface area contributed by atoms with E-state index in [2.05, 4.69) is 34.5 Å². The summed E-state index contributed by atoms with van der Waals surface area (Å²) in [5.74, 6) is 0. The molecule has 0 radical (unpaired) electrons. The molecule has 2 atom stereocenters. The van der Waals surface area contributed by atoms with Gasteiger partial charge in [-0.25, -0.2) is 0 Å². The minimum Gasteiger partial charge on any atom is -0.394 e. The largest absolute Gasteiger partial charge is 0.394 e. The summed E-state index contributed by atoms with van der Waals surface area (Å²) >= 11 is 0. The zero-order valence-electron chi connectivity index (χ0n) is 15.0. The maximum Gasteiger partial charge on any atom is 0.0805 e. The first-order valence-corrected chi connectivity index (χ1v) is 9.59. The molecule has 3 aliphatic rings. The lowest BCUT2D eigenvalue weighted by atomic mass is 9.77. The molecule has 1 aromatic carbocycles. The van der Waals surface area contributed by atoms with Crippen molar-refractivity contribution in [3.63, 3.8) is 0 Å². The van der Waals surface area contributed by atoms with Crippen molar-refractivity contribution in [3.8, 4) is 0 Å². The summed E-state index contributed by atoms with van der Waals surface area (Å²) in [6.45, 7) is 4.62. The molecule has 0 bridgehead atoms. The third-order valence-corrected chi connectivity index (χ3v) is 6.25. The van der Waals surface area contributed by atoms with E-state index in [9.17, 15) is 5.11 Å². The summed E-state index contributed by atoms with van der Waals surface area (Å²) in [6, 6.07) is 10.9. The van der Waals surface area contributed by atoms with Gasteiger partial charge in [-0.2, -0.15) is 0 Å². The molecular weight excluding hydrogens is 316 g/mol. The molecular formula is C20H30N2O3. The molecule has 0 aromatic heterocycles. The highest BCUT2D eigenvalue weighted by atomic mass is 16.5. The van der Waals surface area contributed by atoms with Gasteiger partial charge in [-0.1, -0.05) is 30.3 Å². The zero-order valence-corrected chi connectivity index (χ0v) is 15.0. The third kappa shape index (κ3) is 3.62. The maximum atomic E-state index is 10.2. The van der Waals surface area contributed by atoms with Crippen LogP contribution in [-0.2, 0) is 16.0 Å². The van der Waals surface area contributed by atoms with E-state index in [4.69, 9.17) is 9.47 Å². The number of nitrogens with one attached hydrogen (secondary N) is 1. The van der Waals surface area contributed by atoms with E-state index in [1.54, 1.807) is 0 Å². The number of rotatable bonds is 6. The van der Waals surface area contributed by atoms with Gasteiger partial charge in [-0.15, -0.1) is 0 Å². The van der Waals surface area contributed by atoms with Crippen LogP contribution in [0, 0.1) is 0 Å². The number of aliphatic hydroxyl groups excluding tert-OH is 1. The highest BCUT2D eigenvalue weighted by Crippen LogP contribution is 2.43. The quantitative estimate of drug-likeness (QED) is 0.819. The number of hydrogen-bond acceptors (Lipinski definition) is 5. The van der Waals surface area contributed by atoms with Gasteiger partial charge in [0.1, 0.15) is 0 Å². The second-order valence-electron chi connectivity index (χ2n) is 7.97. The van der Waals surface area contributed by atoms with Crippen LogP contribution >= 0.6 is 0 Å². The van der Waals surface area contributed by atoms with Gasteiger partial charge in [0.2, 0.25) is 0 Å². The Hall–Kier alpha value is -0.980. The molecule has 2 saturated heterocycles. The number of nitrogens with zero attached hydrogens (tertiary/aromatic N) is 1. The van der Waals surface area contributed by atoms with Crippen LogP contribution in [0.5, 0.6) is 0 Å². The number of morpholine rings is 1. The number of benzene rings is 1. The zero-order chi connectivity index (χ0) is 17.2. The molecule has 138 valence electrons. The van der Waals surface area contributed by atoms with E-state index < -0.39 is 0 Å². The molecule has 2 heterocycles. The minimum absolute atomic E-state index is 0.103. The summed E-state index contributed by atoms with van der Waals surface area (Å²) in [5.41, 5.74) is 1.08. The molecule has 0 amide bonds. The number of hydrogen-bond donors (Lipinski definition) is 2. The van der Waals surface area contributed by atoms with Gasteiger partial charge in [0.15, 0.2) is 0 Å². The topological polar surface area (TPSA) is 54.0 Å². The van der Waals surface area contributed by atoms with E-state index in [-0.39, 0.29) is 17.7 Å². The Kier molecular flexibility index (Phi) is 5.11. The average Bonchev–Trinajstić information content (AvgIpc) is 3.07. The smallest absolute Gasteiger partial charge is 0.0805 e. The summed E-state index contributed by atoms with van der Waals surface area (Å²) < 4.78 is 11.8. The van der Waals surface area contributed by atoms with Gasteiger partial charge in [0, 0.05) is 25.7 Å². The van der Waals surface area contributed by atoms with E-state index in [0.29, 0.717) is 12.6 Å². The molecule has 2 aliphatic heterocycles. The highest BCUT2D eigenvalue weighted by Gasteiger charge is 2.46. The molecule has 3 fully saturated rings. The first kappa shape index (κ1) is 17.4. The molecule has 5 nitrogen and oxygen atoms in total. The normalized spacial score (nSPS) is 32.0. The monoisotopic (exact) mass is 346 g/mol. The van der Waals surface area contributed by atoms with Crippen LogP contribution in [-0.4, -0.2) is 66.7 Å². The summed E-state index contributed by atoms with van der Waals surface area (Å²) in [6.07, 6.45) is 4.82. The highest BCUT2D eigenvalue weighted by molar-refractivity contribution is 5.15. The third-order valence-electron chi connectivity index (χ3n) is 6.25. The Morgan fingerprint density at radius 2 is 2.08 bits per heavy atom. The van der Waals surface area contributed by atoms with Gasteiger partial charge in [-0.05, 0) is 31.2 Å². The number of aliphatic hydroxyl groups is 1. The fourth-order valence-electron chi connectivity index (χ4n) is 4.41. The van der Waals surface area contributed by atoms with Crippen LogP contribution in [0.15, 0.2) is 30.3 Å². The summed E-state index contributed by atoms with van der Waals surface area (Å²) in [4.78, 5) is 2.38. The van der Waals surface area contributed by atoms with Crippen LogP contribution < -0.4 is 5.32 Å². The molecule has 1 saturated carbocycles. The van der Waals surface area contributed by atoms with Crippen LogP contribution in [0.4, 0.5) is 0 Å². The molecule has 5 heteroatoms. The van der Waals surface area contributed by atoms with Crippen molar-refractivity contribution < 1.29 is 14.6 Å². The van der Waals surface area contributed by atoms with Gasteiger partial charge >= 0.3 is 0 Å². The predicted molar refractivity (Wildman–Crippen MR) is 96.4 cm³/mol. The Bertz CT molecular complexity index is 563. The van der Waals surface area contributed by atoms with Crippen molar-refractivity contribution in [2.45, 2.75) is 49.4 Å². The van der Waals surface area contributed by atoms with Crippen molar-refractivity contribution in [2.75, 3.05) is 39.5 Å². The van der Waals surface area contributed by atoms with Crippen molar-refractivity contribution in [1.82, 2.24) is 10.2 Å². The fourth-order valence-corrected chi connectivity index (χ4v) is 4.41. The van der Waals surface area contributed by atoms with E-state index in [0.717, 1.165) is 39.3 Å². The van der Waals surface area contributed by atoms with Gasteiger partial charge in [0.25, 0.3) is 0 Å². The Morgan fingerprint density at radius 3 is 2.76 bits per heavy atom. The first-order valence-electron chi connectivity index (χ1n) is 9.59. The summed E-state index contributed by atoms with van der Waals surface area (Å²) in [7, 11) is 0. The van der Waals surface area contributed by atoms with Gasteiger partial charge < -0.3 is 19.9 Å². The first-order chi connectivity index (χ1) is 12.2. The average molecular weight is 346 g/mol. The van der Waals surface area contributed by atoms with Crippen LogP contribution in [0.3, 0.4) is 0 Å². The Balaban J connectivity index is 1.40. The van der Waals surface area contributed by atoms with Crippen molar-refractivity contribution >= 4 is 0 Å². The van der Waals surface area contributed by atoms with Gasteiger partial charge in [-0.3, -0.25) is 4.90 Å². The molecule has 1 spiro atoms. The molecule has 4 rings (SSSR count).